The normalized spacial score (nSPS) is 15.4. The lowest BCUT2D eigenvalue weighted by atomic mass is 10.1. The van der Waals surface area contributed by atoms with Crippen LogP contribution in [0.4, 0.5) is 13.2 Å². The predicted octanol–water partition coefficient (Wildman–Crippen LogP) is 3.36. The first-order valence-corrected chi connectivity index (χ1v) is 7.38. The van der Waals surface area contributed by atoms with Gasteiger partial charge in [0.25, 0.3) is 5.91 Å². The Kier molecular flexibility index (Phi) is 4.05. The van der Waals surface area contributed by atoms with Crippen molar-refractivity contribution in [2.45, 2.75) is 12.3 Å². The standard InChI is InChI=1S/C14H10BrF3N2O3/c15-11-5-4-9(23-11)13(21)20-6-8(7-20)22-12-3-1-2-10(19-12)14(16,17)18/h1-5,8H,6-7H2. The molecule has 0 bridgehead atoms. The van der Waals surface area contributed by atoms with Crippen LogP contribution in [0.25, 0.3) is 0 Å². The molecule has 122 valence electrons. The number of aromatic nitrogens is 1. The Hall–Kier alpha value is -2.03. The molecule has 0 aliphatic carbocycles. The summed E-state index contributed by atoms with van der Waals surface area (Å²) in [6.07, 6.45) is -4.92. The summed E-state index contributed by atoms with van der Waals surface area (Å²) in [4.78, 5) is 16.9. The number of rotatable bonds is 3. The summed E-state index contributed by atoms with van der Waals surface area (Å²) in [5.74, 6) is -0.224. The summed E-state index contributed by atoms with van der Waals surface area (Å²) >= 11 is 3.11. The SMILES string of the molecule is O=C(c1ccc(Br)o1)N1CC(Oc2cccc(C(F)(F)F)n2)C1. The summed E-state index contributed by atoms with van der Waals surface area (Å²) in [6.45, 7) is 0.518. The van der Waals surface area contributed by atoms with E-state index in [1.165, 1.54) is 23.1 Å². The highest BCUT2D eigenvalue weighted by Gasteiger charge is 2.36. The van der Waals surface area contributed by atoms with Crippen LogP contribution in [0.3, 0.4) is 0 Å². The Morgan fingerprint density at radius 2 is 2.04 bits per heavy atom. The summed E-state index contributed by atoms with van der Waals surface area (Å²) in [5.41, 5.74) is -1.01. The lowest BCUT2D eigenvalue weighted by Gasteiger charge is -2.38. The molecule has 2 aromatic heterocycles. The van der Waals surface area contributed by atoms with E-state index in [0.717, 1.165) is 6.07 Å². The molecule has 0 radical (unpaired) electrons. The molecule has 0 saturated carbocycles. The zero-order valence-electron chi connectivity index (χ0n) is 11.5. The van der Waals surface area contributed by atoms with Crippen molar-refractivity contribution in [1.82, 2.24) is 9.88 Å². The van der Waals surface area contributed by atoms with Crippen molar-refractivity contribution in [2.24, 2.45) is 0 Å². The second-order valence-corrected chi connectivity index (χ2v) is 5.69. The largest absolute Gasteiger partial charge is 0.471 e. The summed E-state index contributed by atoms with van der Waals surface area (Å²) in [7, 11) is 0. The van der Waals surface area contributed by atoms with Crippen LogP contribution in [0, 0.1) is 0 Å². The molecular weight excluding hydrogens is 381 g/mol. The summed E-state index contributed by atoms with van der Waals surface area (Å²) in [6, 6.07) is 6.59. The maximum atomic E-state index is 12.6. The molecular formula is C14H10BrF3N2O3. The maximum absolute atomic E-state index is 12.6. The van der Waals surface area contributed by atoms with Gasteiger partial charge in [-0.2, -0.15) is 13.2 Å². The van der Waals surface area contributed by atoms with Crippen LogP contribution in [0.1, 0.15) is 16.2 Å². The van der Waals surface area contributed by atoms with Gasteiger partial charge < -0.3 is 14.1 Å². The van der Waals surface area contributed by atoms with E-state index in [2.05, 4.69) is 20.9 Å². The fourth-order valence-electron chi connectivity index (χ4n) is 2.07. The highest BCUT2D eigenvalue weighted by Crippen LogP contribution is 2.29. The molecule has 0 N–H and O–H groups in total. The highest BCUT2D eigenvalue weighted by molar-refractivity contribution is 9.10. The number of nitrogens with zero attached hydrogens (tertiary/aromatic N) is 2. The molecule has 0 atom stereocenters. The molecule has 2 aromatic rings. The molecule has 0 unspecified atom stereocenters. The van der Waals surface area contributed by atoms with E-state index in [0.29, 0.717) is 4.67 Å². The Morgan fingerprint density at radius 3 is 2.65 bits per heavy atom. The first kappa shape index (κ1) is 15.9. The molecule has 3 rings (SSSR count). The zero-order chi connectivity index (χ0) is 16.6. The summed E-state index contributed by atoms with van der Waals surface area (Å²) < 4.78 is 48.7. The van der Waals surface area contributed by atoms with Gasteiger partial charge in [-0.15, -0.1) is 0 Å². The molecule has 1 saturated heterocycles. The predicted molar refractivity (Wildman–Crippen MR) is 76.0 cm³/mol. The topological polar surface area (TPSA) is 55.6 Å². The smallest absolute Gasteiger partial charge is 0.433 e. The highest BCUT2D eigenvalue weighted by atomic mass is 79.9. The van der Waals surface area contributed by atoms with Crippen molar-refractivity contribution in [3.05, 3.63) is 46.5 Å². The van der Waals surface area contributed by atoms with Gasteiger partial charge in [0.05, 0.1) is 13.1 Å². The minimum Gasteiger partial charge on any atom is -0.471 e. The zero-order valence-corrected chi connectivity index (χ0v) is 13.1. The van der Waals surface area contributed by atoms with Crippen molar-refractivity contribution in [3.63, 3.8) is 0 Å². The monoisotopic (exact) mass is 390 g/mol. The Balaban J connectivity index is 1.57. The van der Waals surface area contributed by atoms with Crippen molar-refractivity contribution < 1.29 is 27.1 Å². The number of carbonyl (C=O) groups is 1. The molecule has 1 aliphatic rings. The van der Waals surface area contributed by atoms with E-state index in [-0.39, 0.29) is 30.6 Å². The molecule has 23 heavy (non-hydrogen) atoms. The van der Waals surface area contributed by atoms with E-state index in [1.807, 2.05) is 0 Å². The number of furan rings is 1. The van der Waals surface area contributed by atoms with Crippen molar-refractivity contribution in [2.75, 3.05) is 13.1 Å². The number of alkyl halides is 3. The van der Waals surface area contributed by atoms with E-state index in [9.17, 15) is 18.0 Å². The lowest BCUT2D eigenvalue weighted by molar-refractivity contribution is -0.141. The summed E-state index contributed by atoms with van der Waals surface area (Å²) in [5, 5.41) is 0. The lowest BCUT2D eigenvalue weighted by Crippen LogP contribution is -2.56. The Bertz CT molecular complexity index is 726. The molecule has 1 aliphatic heterocycles. The quantitative estimate of drug-likeness (QED) is 0.806. The van der Waals surface area contributed by atoms with E-state index in [1.54, 1.807) is 6.07 Å². The van der Waals surface area contributed by atoms with Crippen LogP contribution in [0.2, 0.25) is 0 Å². The average Bonchev–Trinajstić information content (AvgIpc) is 2.88. The minimum atomic E-state index is -4.52. The number of carbonyl (C=O) groups excluding carboxylic acids is 1. The van der Waals surface area contributed by atoms with E-state index >= 15 is 0 Å². The molecule has 1 amide bonds. The number of pyridine rings is 1. The van der Waals surface area contributed by atoms with E-state index < -0.39 is 18.0 Å². The number of hydrogen-bond donors (Lipinski definition) is 0. The van der Waals surface area contributed by atoms with Gasteiger partial charge >= 0.3 is 6.18 Å². The first-order chi connectivity index (χ1) is 10.8. The molecule has 9 heteroatoms. The van der Waals surface area contributed by atoms with E-state index in [4.69, 9.17) is 9.15 Å². The van der Waals surface area contributed by atoms with Crippen LogP contribution in [0.5, 0.6) is 5.88 Å². The number of hydrogen-bond acceptors (Lipinski definition) is 4. The third kappa shape index (κ3) is 3.49. The number of halogens is 4. The minimum absolute atomic E-state index is 0.113. The van der Waals surface area contributed by atoms with Gasteiger partial charge in [-0.1, -0.05) is 6.07 Å². The first-order valence-electron chi connectivity index (χ1n) is 6.58. The van der Waals surface area contributed by atoms with Crippen molar-refractivity contribution in [3.8, 4) is 5.88 Å². The number of ether oxygens (including phenoxy) is 1. The Labute approximate surface area is 137 Å². The second kappa shape index (κ2) is 5.88. The van der Waals surface area contributed by atoms with Crippen LogP contribution < -0.4 is 4.74 Å². The number of likely N-dealkylation sites (tertiary alicyclic amines) is 1. The molecule has 0 aromatic carbocycles. The number of amides is 1. The molecule has 5 nitrogen and oxygen atoms in total. The maximum Gasteiger partial charge on any atom is 0.433 e. The Morgan fingerprint density at radius 1 is 1.30 bits per heavy atom. The molecule has 3 heterocycles. The van der Waals surface area contributed by atoms with Gasteiger partial charge in [-0.3, -0.25) is 4.79 Å². The van der Waals surface area contributed by atoms with Gasteiger partial charge in [0, 0.05) is 6.07 Å². The van der Waals surface area contributed by atoms with Gasteiger partial charge in [-0.25, -0.2) is 4.98 Å². The van der Waals surface area contributed by atoms with Crippen molar-refractivity contribution >= 4 is 21.8 Å². The van der Waals surface area contributed by atoms with Gasteiger partial charge in [0.2, 0.25) is 5.88 Å². The van der Waals surface area contributed by atoms with Crippen LogP contribution in [-0.4, -0.2) is 35.0 Å². The van der Waals surface area contributed by atoms with Gasteiger partial charge in [0.1, 0.15) is 11.8 Å². The molecule has 0 spiro atoms. The fraction of sp³-hybridized carbons (Fsp3) is 0.286. The second-order valence-electron chi connectivity index (χ2n) is 4.91. The molecule has 1 fully saturated rings. The van der Waals surface area contributed by atoms with Crippen LogP contribution >= 0.6 is 15.9 Å². The fourth-order valence-corrected chi connectivity index (χ4v) is 2.38. The third-order valence-corrected chi connectivity index (χ3v) is 3.65. The van der Waals surface area contributed by atoms with Gasteiger partial charge in [-0.05, 0) is 34.1 Å². The van der Waals surface area contributed by atoms with Gasteiger partial charge in [0.15, 0.2) is 10.4 Å². The van der Waals surface area contributed by atoms with Crippen LogP contribution in [0.15, 0.2) is 39.4 Å². The van der Waals surface area contributed by atoms with Crippen LogP contribution in [-0.2, 0) is 6.18 Å². The van der Waals surface area contributed by atoms with Crippen molar-refractivity contribution in [1.29, 1.82) is 0 Å². The average molecular weight is 391 g/mol. The third-order valence-electron chi connectivity index (χ3n) is 3.22.